The quantitative estimate of drug-likeness (QED) is 0.685. The van der Waals surface area contributed by atoms with Gasteiger partial charge >= 0.3 is 12.3 Å². The number of nitrogens with zero attached hydrogens (tertiary/aromatic N) is 2. The van der Waals surface area contributed by atoms with Gasteiger partial charge in [0.1, 0.15) is 5.75 Å². The smallest absolute Gasteiger partial charge is 0.481 e. The summed E-state index contributed by atoms with van der Waals surface area (Å²) < 4.78 is 69.1. The van der Waals surface area contributed by atoms with Crippen molar-refractivity contribution < 1.29 is 36.2 Å². The van der Waals surface area contributed by atoms with Crippen molar-refractivity contribution in [3.63, 3.8) is 0 Å². The number of hydrogen-bond acceptors (Lipinski definition) is 5. The van der Waals surface area contributed by atoms with Crippen LogP contribution >= 0.6 is 0 Å². The number of anilines is 1. The van der Waals surface area contributed by atoms with Gasteiger partial charge in [0.15, 0.2) is 0 Å². The van der Waals surface area contributed by atoms with Crippen molar-refractivity contribution >= 4 is 21.7 Å². The third kappa shape index (κ3) is 4.89. The van der Waals surface area contributed by atoms with E-state index in [1.165, 1.54) is 28.6 Å². The van der Waals surface area contributed by atoms with Gasteiger partial charge in [-0.15, -0.1) is 13.2 Å². The zero-order valence-electron chi connectivity index (χ0n) is 17.9. The molecule has 180 valence electrons. The first-order chi connectivity index (χ1) is 15.5. The van der Waals surface area contributed by atoms with Crippen molar-refractivity contribution in [1.29, 1.82) is 0 Å². The van der Waals surface area contributed by atoms with Crippen molar-refractivity contribution in [2.24, 2.45) is 17.8 Å². The van der Waals surface area contributed by atoms with Crippen LogP contribution in [0, 0.1) is 17.8 Å². The number of hydrogen-bond donors (Lipinski definition) is 1. The van der Waals surface area contributed by atoms with Gasteiger partial charge in [-0.05, 0) is 61.9 Å². The standard InChI is InChI=1S/C22H25F3N2O5S/c1-14-13-26(16-4-6-17(7-5-16)32-22(23,24)25)10-11-27(14)33(30,31)18-8-2-15-3-9-19(21(28)29)20(15)12-18/h2,4-8,12,14-15,19-20H,3,9-11,13H2,1H3,(H,28,29)/t14-,15?,19?,20?/m0/s1. The Hall–Kier alpha value is -2.53. The molecule has 2 fully saturated rings. The number of allylic oxidation sites excluding steroid dienone is 3. The van der Waals surface area contributed by atoms with Crippen molar-refractivity contribution in [1.82, 2.24) is 4.31 Å². The molecule has 1 aliphatic heterocycles. The number of sulfonamides is 1. The van der Waals surface area contributed by atoms with E-state index >= 15 is 0 Å². The number of ether oxygens (including phenoxy) is 1. The molecule has 2 aliphatic carbocycles. The van der Waals surface area contributed by atoms with Crippen LogP contribution in [0.1, 0.15) is 19.8 Å². The Labute approximate surface area is 190 Å². The number of piperazine rings is 1. The maximum absolute atomic E-state index is 13.4. The first-order valence-corrected chi connectivity index (χ1v) is 12.1. The molecule has 1 saturated heterocycles. The molecule has 4 atom stereocenters. The Bertz CT molecular complexity index is 1070. The fraction of sp³-hybridized carbons (Fsp3) is 0.500. The Morgan fingerprint density at radius 3 is 2.45 bits per heavy atom. The second-order valence-electron chi connectivity index (χ2n) is 8.64. The van der Waals surface area contributed by atoms with Gasteiger partial charge in [0, 0.05) is 31.4 Å². The maximum atomic E-state index is 13.4. The number of fused-ring (bicyclic) bond motifs is 1. The molecule has 11 heteroatoms. The Morgan fingerprint density at radius 1 is 1.15 bits per heavy atom. The summed E-state index contributed by atoms with van der Waals surface area (Å²) in [6, 6.07) is 5.09. The topological polar surface area (TPSA) is 87.2 Å². The molecule has 0 spiro atoms. The molecule has 0 radical (unpaired) electrons. The van der Waals surface area contributed by atoms with Crippen LogP contribution < -0.4 is 9.64 Å². The molecular weight excluding hydrogens is 461 g/mol. The Balaban J connectivity index is 1.46. The molecule has 1 N–H and O–H groups in total. The zero-order chi connectivity index (χ0) is 24.0. The fourth-order valence-corrected chi connectivity index (χ4v) is 6.68. The van der Waals surface area contributed by atoms with Crippen LogP contribution in [0.5, 0.6) is 5.75 Å². The van der Waals surface area contributed by atoms with E-state index in [1.54, 1.807) is 19.1 Å². The van der Waals surface area contributed by atoms with E-state index in [0.29, 0.717) is 25.2 Å². The van der Waals surface area contributed by atoms with Crippen LogP contribution in [0.4, 0.5) is 18.9 Å². The highest BCUT2D eigenvalue weighted by molar-refractivity contribution is 7.93. The van der Waals surface area contributed by atoms with E-state index in [4.69, 9.17) is 0 Å². The SMILES string of the molecule is C[C@H]1CN(c2ccc(OC(F)(F)F)cc2)CCN1S(=O)(=O)C1=CC2C(C=C1)CCC2C(=O)O. The predicted octanol–water partition coefficient (Wildman–Crippen LogP) is 3.61. The lowest BCUT2D eigenvalue weighted by Crippen LogP contribution is -2.54. The van der Waals surface area contributed by atoms with Crippen LogP contribution in [0.2, 0.25) is 0 Å². The molecule has 0 bridgehead atoms. The van der Waals surface area contributed by atoms with Crippen molar-refractivity contribution in [2.75, 3.05) is 24.5 Å². The van der Waals surface area contributed by atoms with E-state index < -0.39 is 28.3 Å². The number of carboxylic acids is 1. The Kier molecular flexibility index (Phi) is 6.21. The lowest BCUT2D eigenvalue weighted by atomic mass is 9.86. The summed E-state index contributed by atoms with van der Waals surface area (Å²) in [6.07, 6.45) is 1.49. The minimum Gasteiger partial charge on any atom is -0.481 e. The van der Waals surface area contributed by atoms with Crippen molar-refractivity contribution in [3.05, 3.63) is 47.4 Å². The van der Waals surface area contributed by atoms with Gasteiger partial charge in [-0.25, -0.2) is 8.42 Å². The number of alkyl halides is 3. The number of halogens is 3. The van der Waals surface area contributed by atoms with E-state index in [-0.39, 0.29) is 35.1 Å². The molecule has 1 saturated carbocycles. The minimum atomic E-state index is -4.76. The first-order valence-electron chi connectivity index (χ1n) is 10.7. The summed E-state index contributed by atoms with van der Waals surface area (Å²) in [5.41, 5.74) is 0.670. The molecule has 0 aromatic heterocycles. The van der Waals surface area contributed by atoms with Gasteiger partial charge in [-0.3, -0.25) is 4.79 Å². The highest BCUT2D eigenvalue weighted by Gasteiger charge is 2.42. The average molecular weight is 487 g/mol. The largest absolute Gasteiger partial charge is 0.573 e. The van der Waals surface area contributed by atoms with Gasteiger partial charge < -0.3 is 14.7 Å². The van der Waals surface area contributed by atoms with E-state index in [9.17, 15) is 31.5 Å². The van der Waals surface area contributed by atoms with Gasteiger partial charge in [-0.2, -0.15) is 4.31 Å². The normalized spacial score (nSPS) is 28.4. The summed E-state index contributed by atoms with van der Waals surface area (Å²) >= 11 is 0. The number of carbonyl (C=O) groups is 1. The van der Waals surface area contributed by atoms with Crippen molar-refractivity contribution in [3.8, 4) is 5.75 Å². The van der Waals surface area contributed by atoms with E-state index in [1.807, 2.05) is 11.0 Å². The molecule has 1 heterocycles. The lowest BCUT2D eigenvalue weighted by molar-refractivity contribution is -0.274. The first kappa shape index (κ1) is 23.6. The third-order valence-electron chi connectivity index (χ3n) is 6.56. The molecule has 1 aromatic rings. The molecule has 33 heavy (non-hydrogen) atoms. The van der Waals surface area contributed by atoms with E-state index in [2.05, 4.69) is 4.74 Å². The van der Waals surface area contributed by atoms with E-state index in [0.717, 1.165) is 6.42 Å². The number of aliphatic carboxylic acids is 1. The minimum absolute atomic E-state index is 0.0450. The van der Waals surface area contributed by atoms with Gasteiger partial charge in [0.25, 0.3) is 0 Å². The molecule has 3 unspecified atom stereocenters. The molecule has 0 amide bonds. The summed E-state index contributed by atoms with van der Waals surface area (Å²) in [7, 11) is -3.81. The molecular formula is C22H25F3N2O5S. The van der Waals surface area contributed by atoms with Gasteiger partial charge in [-0.1, -0.05) is 12.2 Å². The second-order valence-corrected chi connectivity index (χ2v) is 10.5. The van der Waals surface area contributed by atoms with Gasteiger partial charge in [0.2, 0.25) is 10.0 Å². The molecule has 7 nitrogen and oxygen atoms in total. The number of carboxylic acid groups (broad SMARTS) is 1. The summed E-state index contributed by atoms with van der Waals surface area (Å²) in [5, 5.41) is 9.46. The fourth-order valence-electron chi connectivity index (χ4n) is 4.97. The summed E-state index contributed by atoms with van der Waals surface area (Å²) in [5.74, 6) is -2.08. The summed E-state index contributed by atoms with van der Waals surface area (Å²) in [4.78, 5) is 13.6. The lowest BCUT2D eigenvalue weighted by Gasteiger charge is -2.40. The zero-order valence-corrected chi connectivity index (χ0v) is 18.7. The molecule has 1 aromatic carbocycles. The van der Waals surface area contributed by atoms with Crippen LogP contribution in [0.25, 0.3) is 0 Å². The predicted molar refractivity (Wildman–Crippen MR) is 115 cm³/mol. The maximum Gasteiger partial charge on any atom is 0.573 e. The van der Waals surface area contributed by atoms with Crippen LogP contribution in [-0.4, -0.2) is 55.8 Å². The highest BCUT2D eigenvalue weighted by Crippen LogP contribution is 2.43. The molecule has 4 rings (SSSR count). The van der Waals surface area contributed by atoms with Gasteiger partial charge in [0.05, 0.1) is 10.8 Å². The van der Waals surface area contributed by atoms with Crippen molar-refractivity contribution in [2.45, 2.75) is 32.2 Å². The third-order valence-corrected chi connectivity index (χ3v) is 8.59. The molecule has 3 aliphatic rings. The Morgan fingerprint density at radius 2 is 1.85 bits per heavy atom. The number of rotatable bonds is 5. The highest BCUT2D eigenvalue weighted by atomic mass is 32.2. The monoisotopic (exact) mass is 486 g/mol. The average Bonchev–Trinajstić information content (AvgIpc) is 3.16. The van der Waals surface area contributed by atoms with Crippen LogP contribution in [-0.2, 0) is 14.8 Å². The second kappa shape index (κ2) is 8.68. The summed E-state index contributed by atoms with van der Waals surface area (Å²) in [6.45, 7) is 2.70. The van der Waals surface area contributed by atoms with Crippen LogP contribution in [0.15, 0.2) is 47.4 Å². The van der Waals surface area contributed by atoms with Crippen LogP contribution in [0.3, 0.4) is 0 Å². The number of benzene rings is 1.